The lowest BCUT2D eigenvalue weighted by Crippen LogP contribution is -2.40. The van der Waals surface area contributed by atoms with Crippen LogP contribution in [0.5, 0.6) is 0 Å². The largest absolute Gasteiger partial charge is 0.480 e. The fourth-order valence-corrected chi connectivity index (χ4v) is 2.00. The summed E-state index contributed by atoms with van der Waals surface area (Å²) in [6, 6.07) is 10.7. The van der Waals surface area contributed by atoms with Crippen molar-refractivity contribution in [1.82, 2.24) is 5.32 Å². The van der Waals surface area contributed by atoms with E-state index in [0.29, 0.717) is 0 Å². The number of hydrogen-bond acceptors (Lipinski definition) is 2. The summed E-state index contributed by atoms with van der Waals surface area (Å²) in [5.74, 6) is -4.25. The Morgan fingerprint density at radius 3 is 2.42 bits per heavy atom. The summed E-state index contributed by atoms with van der Waals surface area (Å²) < 4.78 is 26.0. The molecule has 6 heteroatoms. The predicted octanol–water partition coefficient (Wildman–Crippen LogP) is 3.25. The van der Waals surface area contributed by atoms with Crippen LogP contribution in [0.2, 0.25) is 0 Å². The molecule has 124 valence electrons. The van der Waals surface area contributed by atoms with Gasteiger partial charge in [0.2, 0.25) is 0 Å². The molecule has 0 bridgehead atoms. The Bertz CT molecular complexity index is 760. The van der Waals surface area contributed by atoms with Crippen molar-refractivity contribution >= 4 is 18.0 Å². The molecule has 0 unspecified atom stereocenters. The van der Waals surface area contributed by atoms with Gasteiger partial charge in [0.15, 0.2) is 11.6 Å². The van der Waals surface area contributed by atoms with Crippen molar-refractivity contribution in [3.05, 3.63) is 77.4 Å². The van der Waals surface area contributed by atoms with Crippen LogP contribution in [0.3, 0.4) is 0 Å². The first-order chi connectivity index (χ1) is 11.5. The van der Waals surface area contributed by atoms with Gasteiger partial charge in [0.1, 0.15) is 6.04 Å². The third-order valence-electron chi connectivity index (χ3n) is 3.27. The van der Waals surface area contributed by atoms with Gasteiger partial charge in [-0.3, -0.25) is 4.79 Å². The molecule has 2 aromatic carbocycles. The molecule has 0 saturated carbocycles. The van der Waals surface area contributed by atoms with E-state index in [1.54, 1.807) is 12.2 Å². The van der Waals surface area contributed by atoms with Crippen molar-refractivity contribution in [2.24, 2.45) is 0 Å². The number of carbonyl (C=O) groups is 2. The number of carboxylic acid groups (broad SMARTS) is 1. The molecule has 0 aliphatic rings. The van der Waals surface area contributed by atoms with Gasteiger partial charge in [0.25, 0.3) is 5.91 Å². The Labute approximate surface area is 137 Å². The zero-order valence-corrected chi connectivity index (χ0v) is 12.6. The number of hydrogen-bond donors (Lipinski definition) is 2. The lowest BCUT2D eigenvalue weighted by molar-refractivity contribution is -0.139. The van der Waals surface area contributed by atoms with E-state index in [2.05, 4.69) is 5.32 Å². The van der Waals surface area contributed by atoms with E-state index in [1.165, 1.54) is 0 Å². The van der Waals surface area contributed by atoms with E-state index >= 15 is 0 Å². The fraction of sp³-hybridized carbons (Fsp3) is 0.111. The number of nitrogens with one attached hydrogen (secondary N) is 1. The lowest BCUT2D eigenvalue weighted by atomic mass is 10.1. The molecule has 1 amide bonds. The van der Waals surface area contributed by atoms with Crippen LogP contribution in [0.15, 0.2) is 54.6 Å². The smallest absolute Gasteiger partial charge is 0.326 e. The molecule has 2 N–H and O–H groups in total. The van der Waals surface area contributed by atoms with Crippen molar-refractivity contribution in [3.63, 3.8) is 0 Å². The third kappa shape index (κ3) is 4.74. The standard InChI is InChI=1S/C18H15F2NO3/c19-14-10-9-13(11-15(14)20)17(22)21-16(18(23)24)8-4-7-12-5-2-1-3-6-12/h1-7,9-11,16H,8H2,(H,21,22)(H,23,24)/b7-4+/t16-/m0/s1. The minimum atomic E-state index is -1.22. The van der Waals surface area contributed by atoms with E-state index in [9.17, 15) is 23.5 Å². The number of amides is 1. The molecule has 2 rings (SSSR count). The Morgan fingerprint density at radius 2 is 1.79 bits per heavy atom. The summed E-state index contributed by atoms with van der Waals surface area (Å²) in [7, 11) is 0. The van der Waals surface area contributed by atoms with Gasteiger partial charge in [-0.25, -0.2) is 13.6 Å². The molecule has 4 nitrogen and oxygen atoms in total. The number of benzene rings is 2. The first-order valence-electron chi connectivity index (χ1n) is 7.17. The minimum Gasteiger partial charge on any atom is -0.480 e. The second-order valence-electron chi connectivity index (χ2n) is 5.04. The highest BCUT2D eigenvalue weighted by Gasteiger charge is 2.20. The van der Waals surface area contributed by atoms with Crippen molar-refractivity contribution in [1.29, 1.82) is 0 Å². The summed E-state index contributed by atoms with van der Waals surface area (Å²) in [6.45, 7) is 0. The molecule has 0 aromatic heterocycles. The zero-order valence-electron chi connectivity index (χ0n) is 12.6. The highest BCUT2D eigenvalue weighted by molar-refractivity contribution is 5.96. The predicted molar refractivity (Wildman–Crippen MR) is 85.3 cm³/mol. The van der Waals surface area contributed by atoms with Crippen LogP contribution >= 0.6 is 0 Å². The van der Waals surface area contributed by atoms with E-state index in [-0.39, 0.29) is 12.0 Å². The number of carboxylic acids is 1. The number of aliphatic carboxylic acids is 1. The van der Waals surface area contributed by atoms with Crippen molar-refractivity contribution < 1.29 is 23.5 Å². The molecular formula is C18H15F2NO3. The normalized spacial score (nSPS) is 12.1. The summed E-state index contributed by atoms with van der Waals surface area (Å²) in [4.78, 5) is 23.2. The van der Waals surface area contributed by atoms with E-state index in [1.807, 2.05) is 30.3 Å². The zero-order chi connectivity index (χ0) is 17.5. The maximum Gasteiger partial charge on any atom is 0.326 e. The van der Waals surface area contributed by atoms with Crippen LogP contribution < -0.4 is 5.32 Å². The summed E-state index contributed by atoms with van der Waals surface area (Å²) >= 11 is 0. The van der Waals surface area contributed by atoms with Gasteiger partial charge < -0.3 is 10.4 Å². The lowest BCUT2D eigenvalue weighted by Gasteiger charge is -2.12. The Hall–Kier alpha value is -3.02. The van der Waals surface area contributed by atoms with E-state index < -0.39 is 29.6 Å². The van der Waals surface area contributed by atoms with Crippen LogP contribution in [0.1, 0.15) is 22.3 Å². The van der Waals surface area contributed by atoms with E-state index in [0.717, 1.165) is 23.8 Å². The molecule has 0 saturated heterocycles. The van der Waals surface area contributed by atoms with Crippen LogP contribution in [0.4, 0.5) is 8.78 Å². The first kappa shape index (κ1) is 17.3. The molecule has 0 heterocycles. The van der Waals surface area contributed by atoms with Crippen molar-refractivity contribution in [3.8, 4) is 0 Å². The summed E-state index contributed by atoms with van der Waals surface area (Å²) in [5, 5.41) is 11.5. The molecule has 0 aliphatic heterocycles. The molecular weight excluding hydrogens is 316 g/mol. The highest BCUT2D eigenvalue weighted by Crippen LogP contribution is 2.10. The molecule has 24 heavy (non-hydrogen) atoms. The Morgan fingerprint density at radius 1 is 1.08 bits per heavy atom. The van der Waals surface area contributed by atoms with Gasteiger partial charge in [0.05, 0.1) is 0 Å². The first-order valence-corrected chi connectivity index (χ1v) is 7.17. The molecule has 2 aromatic rings. The van der Waals surface area contributed by atoms with Gasteiger partial charge >= 0.3 is 5.97 Å². The SMILES string of the molecule is O=C(N[C@@H](C/C=C/c1ccccc1)C(=O)O)c1ccc(F)c(F)c1. The highest BCUT2D eigenvalue weighted by atomic mass is 19.2. The van der Waals surface area contributed by atoms with Crippen LogP contribution in [-0.2, 0) is 4.79 Å². The molecule has 0 aliphatic carbocycles. The number of rotatable bonds is 6. The number of halogens is 2. The van der Waals surface area contributed by atoms with Gasteiger partial charge in [-0.2, -0.15) is 0 Å². The van der Waals surface area contributed by atoms with Crippen molar-refractivity contribution in [2.75, 3.05) is 0 Å². The average molecular weight is 331 g/mol. The van der Waals surface area contributed by atoms with Gasteiger partial charge in [-0.1, -0.05) is 42.5 Å². The van der Waals surface area contributed by atoms with Gasteiger partial charge in [-0.05, 0) is 30.2 Å². The molecule has 0 spiro atoms. The second-order valence-corrected chi connectivity index (χ2v) is 5.04. The van der Waals surface area contributed by atoms with Crippen LogP contribution in [-0.4, -0.2) is 23.0 Å². The third-order valence-corrected chi connectivity index (χ3v) is 3.27. The van der Waals surface area contributed by atoms with Crippen LogP contribution in [0.25, 0.3) is 6.08 Å². The van der Waals surface area contributed by atoms with Gasteiger partial charge in [0, 0.05) is 5.56 Å². The summed E-state index contributed by atoms with van der Waals surface area (Å²) in [5.41, 5.74) is 0.751. The maximum atomic E-state index is 13.1. The average Bonchev–Trinajstić information content (AvgIpc) is 2.57. The van der Waals surface area contributed by atoms with Crippen LogP contribution in [0, 0.1) is 11.6 Å². The molecule has 0 radical (unpaired) electrons. The monoisotopic (exact) mass is 331 g/mol. The maximum absolute atomic E-state index is 13.1. The molecule has 1 atom stereocenters. The Kier molecular flexibility index (Phi) is 5.78. The Balaban J connectivity index is 2.02. The van der Waals surface area contributed by atoms with Gasteiger partial charge in [-0.15, -0.1) is 0 Å². The molecule has 0 fully saturated rings. The quantitative estimate of drug-likeness (QED) is 0.854. The van der Waals surface area contributed by atoms with Crippen molar-refractivity contribution in [2.45, 2.75) is 12.5 Å². The topological polar surface area (TPSA) is 66.4 Å². The summed E-state index contributed by atoms with van der Waals surface area (Å²) in [6.07, 6.45) is 3.42. The minimum absolute atomic E-state index is 0.0552. The van der Waals surface area contributed by atoms with E-state index in [4.69, 9.17) is 0 Å². The second kappa shape index (κ2) is 8.01. The number of carbonyl (C=O) groups excluding carboxylic acids is 1. The fourth-order valence-electron chi connectivity index (χ4n) is 2.00.